The molecule has 4 aromatic rings. The maximum Gasteiger partial charge on any atom is 0.335 e. The molecule has 0 bridgehead atoms. The highest BCUT2D eigenvalue weighted by Crippen LogP contribution is 2.34. The number of nitrogens with zero attached hydrogens (tertiary/aromatic N) is 2. The van der Waals surface area contributed by atoms with Gasteiger partial charge in [-0.05, 0) is 31.5 Å². The minimum Gasteiger partial charge on any atom is -0.492 e. The lowest BCUT2D eigenvalue weighted by Gasteiger charge is -2.14. The van der Waals surface area contributed by atoms with Crippen molar-refractivity contribution >= 4 is 11.9 Å². The number of carbonyl (C=O) groups excluding carboxylic acids is 2. The maximum absolute atomic E-state index is 12.6. The van der Waals surface area contributed by atoms with Crippen molar-refractivity contribution in [1.82, 2.24) is 15.2 Å². The number of benzene rings is 2. The molecule has 0 aliphatic heterocycles. The summed E-state index contributed by atoms with van der Waals surface area (Å²) in [6.45, 7) is 3.49. The van der Waals surface area contributed by atoms with Crippen LogP contribution in [0.2, 0.25) is 0 Å². The molecule has 4 rings (SSSR count). The van der Waals surface area contributed by atoms with Gasteiger partial charge >= 0.3 is 5.97 Å². The molecule has 0 fully saturated rings. The van der Waals surface area contributed by atoms with Gasteiger partial charge in [0.05, 0.1) is 12.0 Å². The second kappa shape index (κ2) is 9.53. The Kier molecular flexibility index (Phi) is 6.35. The topological polar surface area (TPSA) is 127 Å². The Morgan fingerprint density at radius 2 is 1.65 bits per heavy atom. The number of aromatic hydroxyl groups is 2. The number of aromatic nitrogens is 2. The minimum absolute atomic E-state index is 0.165. The van der Waals surface area contributed by atoms with Crippen LogP contribution >= 0.6 is 0 Å². The van der Waals surface area contributed by atoms with Crippen LogP contribution in [0.3, 0.4) is 0 Å². The van der Waals surface area contributed by atoms with Crippen molar-refractivity contribution in [3.05, 3.63) is 78.1 Å². The molecule has 0 unspecified atom stereocenters. The molecule has 9 heteroatoms. The molecular formula is C25H23N3O6. The molecule has 2 aromatic heterocycles. The van der Waals surface area contributed by atoms with E-state index in [9.17, 15) is 19.8 Å². The summed E-state index contributed by atoms with van der Waals surface area (Å²) in [5, 5.41) is 26.0. The van der Waals surface area contributed by atoms with Gasteiger partial charge in [0.25, 0.3) is 5.91 Å². The molecule has 174 valence electrons. The van der Waals surface area contributed by atoms with Crippen molar-refractivity contribution in [2.24, 2.45) is 0 Å². The van der Waals surface area contributed by atoms with Crippen LogP contribution in [-0.2, 0) is 4.79 Å². The van der Waals surface area contributed by atoms with E-state index in [0.29, 0.717) is 16.1 Å². The summed E-state index contributed by atoms with van der Waals surface area (Å²) in [7, 11) is 0. The summed E-state index contributed by atoms with van der Waals surface area (Å²) in [5.41, 5.74) is 3.78. The van der Waals surface area contributed by atoms with E-state index in [1.165, 1.54) is 12.1 Å². The van der Waals surface area contributed by atoms with Gasteiger partial charge in [0.2, 0.25) is 11.8 Å². The van der Waals surface area contributed by atoms with Crippen molar-refractivity contribution in [2.45, 2.75) is 26.3 Å². The fourth-order valence-electron chi connectivity index (χ4n) is 3.54. The Morgan fingerprint density at radius 1 is 1.00 bits per heavy atom. The first-order valence-electron chi connectivity index (χ1n) is 10.6. The van der Waals surface area contributed by atoms with Crippen LogP contribution in [0, 0.1) is 6.92 Å². The van der Waals surface area contributed by atoms with Gasteiger partial charge in [0, 0.05) is 29.3 Å². The predicted molar refractivity (Wildman–Crippen MR) is 123 cm³/mol. The van der Waals surface area contributed by atoms with E-state index >= 15 is 0 Å². The van der Waals surface area contributed by atoms with Crippen molar-refractivity contribution in [3.8, 4) is 34.1 Å². The van der Waals surface area contributed by atoms with Crippen LogP contribution in [-0.4, -0.2) is 38.0 Å². The average molecular weight is 461 g/mol. The number of rotatable bonds is 7. The van der Waals surface area contributed by atoms with Gasteiger partial charge in [-0.2, -0.15) is 0 Å². The second-order valence-corrected chi connectivity index (χ2v) is 7.79. The highest BCUT2D eigenvalue weighted by atomic mass is 16.7. The van der Waals surface area contributed by atoms with E-state index < -0.39 is 23.8 Å². The first kappa shape index (κ1) is 22.7. The molecule has 1 amide bonds. The lowest BCUT2D eigenvalue weighted by Crippen LogP contribution is -2.36. The lowest BCUT2D eigenvalue weighted by molar-refractivity contribution is -0.145. The van der Waals surface area contributed by atoms with Gasteiger partial charge in [-0.3, -0.25) is 4.79 Å². The van der Waals surface area contributed by atoms with E-state index in [0.717, 1.165) is 22.4 Å². The third-order valence-electron chi connectivity index (χ3n) is 5.19. The number of nitrogens with one attached hydrogen (secondary N) is 1. The Morgan fingerprint density at radius 3 is 2.29 bits per heavy atom. The van der Waals surface area contributed by atoms with Gasteiger partial charge in [-0.25, -0.2) is 4.79 Å². The number of carbonyl (C=O) groups is 2. The normalized spacial score (nSPS) is 11.7. The van der Waals surface area contributed by atoms with Gasteiger partial charge in [-0.15, -0.1) is 4.73 Å². The first-order chi connectivity index (χ1) is 16.3. The molecule has 3 N–H and O–H groups in total. The zero-order valence-electron chi connectivity index (χ0n) is 18.6. The third-order valence-corrected chi connectivity index (χ3v) is 5.19. The van der Waals surface area contributed by atoms with Crippen molar-refractivity contribution in [3.63, 3.8) is 0 Å². The molecule has 9 nitrogen and oxygen atoms in total. The second-order valence-electron chi connectivity index (χ2n) is 7.79. The molecule has 0 radical (unpaired) electrons. The highest BCUT2D eigenvalue weighted by molar-refractivity contribution is 5.95. The predicted octanol–water partition coefficient (Wildman–Crippen LogP) is 3.69. The molecule has 0 saturated heterocycles. The van der Waals surface area contributed by atoms with E-state index in [1.54, 1.807) is 19.1 Å². The largest absolute Gasteiger partial charge is 0.492 e. The molecule has 1 atom stereocenters. The monoisotopic (exact) mass is 461 g/mol. The van der Waals surface area contributed by atoms with Crippen molar-refractivity contribution in [1.29, 1.82) is 0 Å². The minimum atomic E-state index is -0.735. The summed E-state index contributed by atoms with van der Waals surface area (Å²) in [6.07, 6.45) is -0.165. The number of hydrogen-bond donors (Lipinski definition) is 3. The van der Waals surface area contributed by atoms with Crippen LogP contribution in [0.25, 0.3) is 22.4 Å². The Bertz CT molecular complexity index is 1290. The van der Waals surface area contributed by atoms with Crippen LogP contribution in [0.1, 0.15) is 29.5 Å². The van der Waals surface area contributed by atoms with Gasteiger partial charge in [0.15, 0.2) is 0 Å². The summed E-state index contributed by atoms with van der Waals surface area (Å²) in [6, 6.07) is 18.5. The zero-order valence-corrected chi connectivity index (χ0v) is 18.6. The Labute approximate surface area is 195 Å². The molecule has 2 heterocycles. The quantitative estimate of drug-likeness (QED) is 0.383. The fraction of sp³-hybridized carbons (Fsp3) is 0.160. The number of hydrogen-bond acceptors (Lipinski definition) is 7. The van der Waals surface area contributed by atoms with Crippen molar-refractivity contribution < 1.29 is 29.2 Å². The highest BCUT2D eigenvalue weighted by Gasteiger charge is 2.19. The third kappa shape index (κ3) is 4.78. The molecule has 0 aliphatic carbocycles. The average Bonchev–Trinajstić information content (AvgIpc) is 3.36. The van der Waals surface area contributed by atoms with Crippen LogP contribution < -0.4 is 10.2 Å². The van der Waals surface area contributed by atoms with Crippen LogP contribution in [0.15, 0.2) is 71.3 Å². The summed E-state index contributed by atoms with van der Waals surface area (Å²) >= 11 is 0. The Hall–Kier alpha value is -4.53. The van der Waals surface area contributed by atoms with Gasteiger partial charge in [-0.1, -0.05) is 47.6 Å². The van der Waals surface area contributed by atoms with E-state index in [-0.39, 0.29) is 12.3 Å². The van der Waals surface area contributed by atoms with Crippen LogP contribution in [0.5, 0.6) is 11.8 Å². The summed E-state index contributed by atoms with van der Waals surface area (Å²) in [4.78, 5) is 29.6. The SMILES string of the molecule is Cc1onc(-c2ccccc2)c1-c1ccc(C(=O)N[C@H](C)CC(=O)On2c(O)ccc2O)cc1. The molecule has 34 heavy (non-hydrogen) atoms. The maximum atomic E-state index is 12.6. The lowest BCUT2D eigenvalue weighted by atomic mass is 9.98. The molecule has 0 saturated carbocycles. The molecular weight excluding hydrogens is 438 g/mol. The number of amides is 1. The smallest absolute Gasteiger partial charge is 0.335 e. The molecule has 2 aromatic carbocycles. The fourth-order valence-corrected chi connectivity index (χ4v) is 3.54. The van der Waals surface area contributed by atoms with E-state index in [2.05, 4.69) is 10.5 Å². The van der Waals surface area contributed by atoms with E-state index in [4.69, 9.17) is 9.36 Å². The van der Waals surface area contributed by atoms with Gasteiger partial charge in [0.1, 0.15) is 11.5 Å². The Balaban J connectivity index is 1.41. The summed E-state index contributed by atoms with van der Waals surface area (Å²) < 4.78 is 6.02. The molecule has 0 spiro atoms. The molecule has 0 aliphatic rings. The van der Waals surface area contributed by atoms with Gasteiger partial charge < -0.3 is 24.9 Å². The van der Waals surface area contributed by atoms with Crippen LogP contribution in [0.4, 0.5) is 0 Å². The van der Waals surface area contributed by atoms with Crippen molar-refractivity contribution in [2.75, 3.05) is 0 Å². The van der Waals surface area contributed by atoms with E-state index in [1.807, 2.05) is 49.4 Å². The zero-order chi connectivity index (χ0) is 24.2. The standard InChI is InChI=1S/C25H23N3O6/c1-15(14-22(31)34-28-20(29)12-13-21(28)30)26-25(32)19-10-8-17(9-11-19)23-16(2)33-27-24(23)18-6-4-3-5-7-18/h3-13,15,29-30H,14H2,1-2H3,(H,26,32)/t15-/m1/s1. The summed E-state index contributed by atoms with van der Waals surface area (Å²) in [5.74, 6) is -1.25. The number of aryl methyl sites for hydroxylation is 1. The first-order valence-corrected chi connectivity index (χ1v) is 10.6.